The number of anilines is 1. The molecule has 0 unspecified atom stereocenters. The van der Waals surface area contributed by atoms with Crippen molar-refractivity contribution >= 4 is 23.6 Å². The molecule has 1 aliphatic heterocycles. The molecule has 31 heavy (non-hydrogen) atoms. The third-order valence-corrected chi connectivity index (χ3v) is 5.11. The van der Waals surface area contributed by atoms with Crippen LogP contribution in [0, 0.1) is 0 Å². The van der Waals surface area contributed by atoms with Crippen LogP contribution in [-0.2, 0) is 34.0 Å². The van der Waals surface area contributed by atoms with Crippen LogP contribution in [0.1, 0.15) is 46.1 Å². The number of nitrogens with zero attached hydrogens (tertiary/aromatic N) is 1. The van der Waals surface area contributed by atoms with Gasteiger partial charge in [0.25, 0.3) is 0 Å². The van der Waals surface area contributed by atoms with Crippen LogP contribution in [-0.4, -0.2) is 44.3 Å². The molecule has 0 bridgehead atoms. The summed E-state index contributed by atoms with van der Waals surface area (Å²) >= 11 is 0. The quantitative estimate of drug-likeness (QED) is 0.140. The number of hydrogen-bond donors (Lipinski definition) is 0. The van der Waals surface area contributed by atoms with Crippen LogP contribution in [0.15, 0.2) is 48.2 Å². The Morgan fingerprint density at radius 3 is 2.19 bits per heavy atom. The largest absolute Gasteiger partial charge is 0.463 e. The first-order valence-electron chi connectivity index (χ1n) is 10.5. The molecule has 168 valence electrons. The van der Waals surface area contributed by atoms with E-state index in [0.29, 0.717) is 25.1 Å². The number of esters is 3. The molecule has 7 nitrogen and oxygen atoms in total. The van der Waals surface area contributed by atoms with Crippen LogP contribution < -0.4 is 4.90 Å². The molecule has 7 heteroatoms. The third kappa shape index (κ3) is 5.34. The van der Waals surface area contributed by atoms with Gasteiger partial charge in [0.05, 0.1) is 25.5 Å². The van der Waals surface area contributed by atoms with E-state index in [1.165, 1.54) is 0 Å². The number of benzene rings is 1. The monoisotopic (exact) mass is 429 g/mol. The topological polar surface area (TPSA) is 82.1 Å². The summed E-state index contributed by atoms with van der Waals surface area (Å²) in [5, 5.41) is 0. The summed E-state index contributed by atoms with van der Waals surface area (Å²) in [6, 6.07) is 7.82. The molecule has 1 aliphatic rings. The average Bonchev–Trinajstić information content (AvgIpc) is 2.96. The highest BCUT2D eigenvalue weighted by Gasteiger charge is 2.45. The average molecular weight is 430 g/mol. The molecule has 0 N–H and O–H groups in total. The van der Waals surface area contributed by atoms with E-state index in [-0.39, 0.29) is 25.4 Å². The van der Waals surface area contributed by atoms with Crippen molar-refractivity contribution in [1.82, 2.24) is 0 Å². The van der Waals surface area contributed by atoms with Gasteiger partial charge in [-0.05, 0) is 38.3 Å². The van der Waals surface area contributed by atoms with Crippen LogP contribution in [0.3, 0.4) is 0 Å². The minimum absolute atomic E-state index is 0.0806. The van der Waals surface area contributed by atoms with E-state index < -0.39 is 23.3 Å². The smallest absolute Gasteiger partial charge is 0.347 e. The molecule has 1 aromatic carbocycles. The van der Waals surface area contributed by atoms with E-state index >= 15 is 0 Å². The molecule has 1 heterocycles. The fraction of sp³-hybridized carbons (Fsp3) is 0.458. The summed E-state index contributed by atoms with van der Waals surface area (Å²) in [5.74, 6) is -1.84. The zero-order valence-electron chi connectivity index (χ0n) is 18.7. The molecule has 0 saturated carbocycles. The van der Waals surface area contributed by atoms with Gasteiger partial charge in [-0.2, -0.15) is 0 Å². The second-order valence-corrected chi connectivity index (χ2v) is 7.54. The van der Waals surface area contributed by atoms with E-state index in [9.17, 15) is 14.4 Å². The second kappa shape index (κ2) is 10.8. The molecule has 0 fully saturated rings. The van der Waals surface area contributed by atoms with Crippen molar-refractivity contribution in [1.29, 1.82) is 0 Å². The lowest BCUT2D eigenvalue weighted by Crippen LogP contribution is -2.34. The summed E-state index contributed by atoms with van der Waals surface area (Å²) < 4.78 is 15.5. The molecule has 0 radical (unpaired) electrons. The molecule has 0 saturated heterocycles. The second-order valence-electron chi connectivity index (χ2n) is 7.54. The Hall–Kier alpha value is -3.09. The SMILES string of the molecule is C=CC(=O)OCCCCN1C(=C(C(=O)OCC)C(=O)OCC)C(C)(C)c2ccccc21. The number of allylic oxidation sites excluding steroid dienone is 1. The first-order valence-corrected chi connectivity index (χ1v) is 10.5. The van der Waals surface area contributed by atoms with E-state index in [4.69, 9.17) is 14.2 Å². The Kier molecular flexibility index (Phi) is 8.42. The Bertz CT molecular complexity index is 851. The number of ether oxygens (including phenoxy) is 3. The van der Waals surface area contributed by atoms with Gasteiger partial charge in [-0.25, -0.2) is 14.4 Å². The fourth-order valence-electron chi connectivity index (χ4n) is 3.79. The molecule has 2 rings (SSSR count). The molecule has 0 spiro atoms. The van der Waals surface area contributed by atoms with E-state index in [1.807, 2.05) is 43.0 Å². The first-order chi connectivity index (χ1) is 14.8. The molecule has 0 aromatic heterocycles. The summed E-state index contributed by atoms with van der Waals surface area (Å²) in [5.41, 5.74) is 1.81. The van der Waals surface area contributed by atoms with Gasteiger partial charge in [-0.15, -0.1) is 0 Å². The summed E-state index contributed by atoms with van der Waals surface area (Å²) in [6.07, 6.45) is 2.43. The van der Waals surface area contributed by atoms with Gasteiger partial charge in [-0.3, -0.25) is 0 Å². The van der Waals surface area contributed by atoms with Crippen LogP contribution in [0.2, 0.25) is 0 Å². The minimum atomic E-state index is -0.693. The van der Waals surface area contributed by atoms with Gasteiger partial charge in [0.2, 0.25) is 0 Å². The Labute approximate surface area is 183 Å². The Morgan fingerprint density at radius 2 is 1.61 bits per heavy atom. The molecule has 0 atom stereocenters. The number of para-hydroxylation sites is 1. The summed E-state index contributed by atoms with van der Waals surface area (Å²) in [7, 11) is 0. The van der Waals surface area contributed by atoms with Crippen LogP contribution in [0.25, 0.3) is 0 Å². The lowest BCUT2D eigenvalue weighted by Gasteiger charge is -2.29. The number of carbonyl (C=O) groups is 3. The van der Waals surface area contributed by atoms with Crippen molar-refractivity contribution in [3.8, 4) is 0 Å². The number of rotatable bonds is 10. The standard InChI is InChI=1S/C24H31NO6/c1-6-19(26)31-16-12-11-15-25-18-14-10-9-13-17(18)24(4,5)21(25)20(22(27)29-7-2)23(28)30-8-3/h6,9-10,13-14H,1,7-8,11-12,15-16H2,2-5H3. The normalized spacial score (nSPS) is 13.9. The fourth-order valence-corrected chi connectivity index (χ4v) is 3.79. The van der Waals surface area contributed by atoms with Gasteiger partial charge in [0.1, 0.15) is 0 Å². The lowest BCUT2D eigenvalue weighted by atomic mass is 9.82. The zero-order chi connectivity index (χ0) is 23.0. The predicted octanol–water partition coefficient (Wildman–Crippen LogP) is 3.67. The highest BCUT2D eigenvalue weighted by molar-refractivity contribution is 6.16. The summed E-state index contributed by atoms with van der Waals surface area (Å²) in [4.78, 5) is 38.9. The van der Waals surface area contributed by atoms with Crippen molar-refractivity contribution in [2.24, 2.45) is 0 Å². The number of fused-ring (bicyclic) bond motifs is 1. The predicted molar refractivity (Wildman–Crippen MR) is 117 cm³/mol. The lowest BCUT2D eigenvalue weighted by molar-refractivity contribution is -0.147. The number of hydrogen-bond acceptors (Lipinski definition) is 7. The van der Waals surface area contributed by atoms with Gasteiger partial charge in [0, 0.05) is 23.7 Å². The maximum absolute atomic E-state index is 12.8. The van der Waals surface area contributed by atoms with Crippen LogP contribution in [0.4, 0.5) is 5.69 Å². The summed E-state index contributed by atoms with van der Waals surface area (Å²) in [6.45, 7) is 11.8. The molecule has 0 aliphatic carbocycles. The van der Waals surface area contributed by atoms with Crippen molar-refractivity contribution in [2.75, 3.05) is 31.3 Å². The van der Waals surface area contributed by atoms with Gasteiger partial charge >= 0.3 is 17.9 Å². The van der Waals surface area contributed by atoms with Crippen molar-refractivity contribution in [2.45, 2.75) is 46.0 Å². The van der Waals surface area contributed by atoms with E-state index in [2.05, 4.69) is 6.58 Å². The maximum Gasteiger partial charge on any atom is 0.347 e. The highest BCUT2D eigenvalue weighted by atomic mass is 16.6. The van der Waals surface area contributed by atoms with Crippen LogP contribution in [0.5, 0.6) is 0 Å². The minimum Gasteiger partial charge on any atom is -0.463 e. The van der Waals surface area contributed by atoms with Gasteiger partial charge in [0.15, 0.2) is 5.57 Å². The zero-order valence-corrected chi connectivity index (χ0v) is 18.7. The van der Waals surface area contributed by atoms with E-state index in [1.54, 1.807) is 13.8 Å². The molecular weight excluding hydrogens is 398 g/mol. The number of unbranched alkanes of at least 4 members (excludes halogenated alkanes) is 1. The Balaban J connectivity index is 2.45. The van der Waals surface area contributed by atoms with E-state index in [0.717, 1.165) is 17.3 Å². The first kappa shape index (κ1) is 24.2. The highest BCUT2D eigenvalue weighted by Crippen LogP contribution is 2.49. The van der Waals surface area contributed by atoms with Crippen LogP contribution >= 0.6 is 0 Å². The number of carbonyl (C=O) groups excluding carboxylic acids is 3. The van der Waals surface area contributed by atoms with Crippen molar-refractivity contribution < 1.29 is 28.6 Å². The van der Waals surface area contributed by atoms with Crippen molar-refractivity contribution in [3.63, 3.8) is 0 Å². The van der Waals surface area contributed by atoms with Gasteiger partial charge < -0.3 is 19.1 Å². The van der Waals surface area contributed by atoms with Gasteiger partial charge in [-0.1, -0.05) is 38.6 Å². The van der Waals surface area contributed by atoms with Crippen molar-refractivity contribution in [3.05, 3.63) is 53.8 Å². The third-order valence-electron chi connectivity index (χ3n) is 5.11. The maximum atomic E-state index is 12.8. The Morgan fingerprint density at radius 1 is 1.00 bits per heavy atom. The molecular formula is C24H31NO6. The molecule has 0 amide bonds. The molecule has 1 aromatic rings.